The summed E-state index contributed by atoms with van der Waals surface area (Å²) >= 11 is 0. The lowest BCUT2D eigenvalue weighted by Gasteiger charge is -2.22. The number of hydrogen-bond acceptors (Lipinski definition) is 4. The molecule has 0 bridgehead atoms. The summed E-state index contributed by atoms with van der Waals surface area (Å²) in [5.41, 5.74) is 2.20. The Hall–Kier alpha value is -2.36. The van der Waals surface area contributed by atoms with Crippen LogP contribution in [0.25, 0.3) is 0 Å². The third kappa shape index (κ3) is 3.45. The van der Waals surface area contributed by atoms with E-state index in [0.717, 1.165) is 17.5 Å². The van der Waals surface area contributed by atoms with E-state index in [0.29, 0.717) is 31.7 Å². The second-order valence-corrected chi connectivity index (χ2v) is 9.25. The summed E-state index contributed by atoms with van der Waals surface area (Å²) < 4.78 is 33.0. The maximum Gasteiger partial charge on any atom is 0.235 e. The van der Waals surface area contributed by atoms with E-state index in [4.69, 9.17) is 4.74 Å². The van der Waals surface area contributed by atoms with Gasteiger partial charge in [0.25, 0.3) is 0 Å². The number of ether oxygens (including phenoxy) is 1. The Morgan fingerprint density at radius 3 is 2.33 bits per heavy atom. The van der Waals surface area contributed by atoms with E-state index in [9.17, 15) is 13.7 Å². The molecule has 1 N–H and O–H groups in total. The minimum Gasteiger partial charge on any atom is -0.381 e. The highest BCUT2D eigenvalue weighted by molar-refractivity contribution is 7.93. The molecule has 1 aliphatic carbocycles. The standard InChI is InChI=1S/C21H22N2O3S/c22-15-21(17-4-2-1-3-5-17)14-20(21)16-6-8-18(9-7-16)23-27(24,25)19-10-12-26-13-11-19/h1-9,19-20,23H,10-14H2. The van der Waals surface area contributed by atoms with Gasteiger partial charge in [-0.15, -0.1) is 0 Å². The zero-order valence-corrected chi connectivity index (χ0v) is 15.8. The van der Waals surface area contributed by atoms with Crippen LogP contribution in [0.3, 0.4) is 0 Å². The van der Waals surface area contributed by atoms with Crippen LogP contribution in [-0.2, 0) is 20.2 Å². The molecule has 1 saturated heterocycles. The number of nitriles is 1. The minimum atomic E-state index is -3.41. The van der Waals surface area contributed by atoms with Crippen LogP contribution in [0.1, 0.15) is 36.3 Å². The van der Waals surface area contributed by atoms with Gasteiger partial charge >= 0.3 is 0 Å². The first kappa shape index (κ1) is 18.0. The van der Waals surface area contributed by atoms with E-state index in [1.54, 1.807) is 12.1 Å². The van der Waals surface area contributed by atoms with Crippen molar-refractivity contribution in [3.63, 3.8) is 0 Å². The summed E-state index contributed by atoms with van der Waals surface area (Å²) in [5.74, 6) is 0.144. The molecule has 0 radical (unpaired) electrons. The molecule has 2 aliphatic rings. The maximum absolute atomic E-state index is 12.5. The normalized spacial score (nSPS) is 25.5. The Balaban J connectivity index is 1.48. The number of nitrogens with zero attached hydrogens (tertiary/aromatic N) is 1. The van der Waals surface area contributed by atoms with Crippen LogP contribution >= 0.6 is 0 Å². The molecule has 27 heavy (non-hydrogen) atoms. The molecule has 1 heterocycles. The van der Waals surface area contributed by atoms with Crippen LogP contribution in [0.5, 0.6) is 0 Å². The fourth-order valence-corrected chi connectivity index (χ4v) is 5.37. The lowest BCUT2D eigenvalue weighted by atomic mass is 9.92. The molecular weight excluding hydrogens is 360 g/mol. The van der Waals surface area contributed by atoms with Crippen LogP contribution in [0, 0.1) is 11.3 Å². The third-order valence-corrected chi connectivity index (χ3v) is 7.50. The van der Waals surface area contributed by atoms with Crippen LogP contribution in [0.4, 0.5) is 5.69 Å². The highest BCUT2D eigenvalue weighted by atomic mass is 32.2. The van der Waals surface area contributed by atoms with Crippen molar-refractivity contribution in [2.24, 2.45) is 0 Å². The molecule has 0 spiro atoms. The molecule has 6 heteroatoms. The van der Waals surface area contributed by atoms with Gasteiger partial charge in [0, 0.05) is 24.8 Å². The van der Waals surface area contributed by atoms with Gasteiger partial charge in [0.15, 0.2) is 0 Å². The molecule has 0 amide bonds. The second-order valence-electron chi connectivity index (χ2n) is 7.29. The SMILES string of the molecule is N#CC1(c2ccccc2)CC1c1ccc(NS(=O)(=O)C2CCOCC2)cc1. The highest BCUT2D eigenvalue weighted by Gasteiger charge is 2.56. The first-order valence-corrected chi connectivity index (χ1v) is 10.8. The number of hydrogen-bond donors (Lipinski definition) is 1. The predicted octanol–water partition coefficient (Wildman–Crippen LogP) is 3.56. The Bertz CT molecular complexity index is 945. The summed E-state index contributed by atoms with van der Waals surface area (Å²) in [6.07, 6.45) is 1.84. The van der Waals surface area contributed by atoms with E-state index in [1.807, 2.05) is 42.5 Å². The van der Waals surface area contributed by atoms with Crippen molar-refractivity contribution in [1.82, 2.24) is 0 Å². The third-order valence-electron chi connectivity index (χ3n) is 5.63. The van der Waals surface area contributed by atoms with Gasteiger partial charge in [0.2, 0.25) is 10.0 Å². The van der Waals surface area contributed by atoms with Gasteiger partial charge in [0.05, 0.1) is 16.7 Å². The second kappa shape index (κ2) is 6.99. The van der Waals surface area contributed by atoms with E-state index in [-0.39, 0.29) is 5.92 Å². The van der Waals surface area contributed by atoms with Crippen molar-refractivity contribution in [2.45, 2.75) is 35.8 Å². The molecule has 2 aromatic carbocycles. The molecule has 2 aromatic rings. The molecule has 0 aromatic heterocycles. The van der Waals surface area contributed by atoms with Gasteiger partial charge in [-0.2, -0.15) is 5.26 Å². The Morgan fingerprint density at radius 1 is 1.04 bits per heavy atom. The van der Waals surface area contributed by atoms with E-state index < -0.39 is 20.7 Å². The average molecular weight is 382 g/mol. The molecule has 2 fully saturated rings. The molecule has 2 atom stereocenters. The fraction of sp³-hybridized carbons (Fsp3) is 0.381. The molecule has 140 valence electrons. The van der Waals surface area contributed by atoms with Crippen molar-refractivity contribution in [3.05, 3.63) is 65.7 Å². The Kier molecular flexibility index (Phi) is 4.67. The number of sulfonamides is 1. The lowest BCUT2D eigenvalue weighted by Crippen LogP contribution is -2.33. The summed E-state index contributed by atoms with van der Waals surface area (Å²) in [6, 6.07) is 19.8. The minimum absolute atomic E-state index is 0.144. The first-order valence-electron chi connectivity index (χ1n) is 9.21. The highest BCUT2D eigenvalue weighted by Crippen LogP contribution is 2.60. The van der Waals surface area contributed by atoms with Crippen LogP contribution < -0.4 is 4.72 Å². The molecule has 4 rings (SSSR count). The topological polar surface area (TPSA) is 79.2 Å². The van der Waals surface area contributed by atoms with Crippen molar-refractivity contribution < 1.29 is 13.2 Å². The number of anilines is 1. The van der Waals surface area contributed by atoms with Crippen molar-refractivity contribution in [2.75, 3.05) is 17.9 Å². The van der Waals surface area contributed by atoms with E-state index in [1.165, 1.54) is 0 Å². The maximum atomic E-state index is 12.5. The van der Waals surface area contributed by atoms with Crippen molar-refractivity contribution in [3.8, 4) is 6.07 Å². The van der Waals surface area contributed by atoms with Gasteiger partial charge in [0.1, 0.15) is 0 Å². The lowest BCUT2D eigenvalue weighted by molar-refractivity contribution is 0.0984. The predicted molar refractivity (Wildman–Crippen MR) is 104 cm³/mol. The Morgan fingerprint density at radius 2 is 1.70 bits per heavy atom. The summed E-state index contributed by atoms with van der Waals surface area (Å²) in [7, 11) is -3.41. The van der Waals surface area contributed by atoms with E-state index >= 15 is 0 Å². The van der Waals surface area contributed by atoms with Crippen LogP contribution in [-0.4, -0.2) is 26.9 Å². The van der Waals surface area contributed by atoms with Crippen molar-refractivity contribution in [1.29, 1.82) is 5.26 Å². The van der Waals surface area contributed by atoms with Gasteiger partial charge in [-0.1, -0.05) is 42.5 Å². The molecular formula is C21H22N2O3S. The quantitative estimate of drug-likeness (QED) is 0.858. The van der Waals surface area contributed by atoms with Gasteiger partial charge in [-0.3, -0.25) is 4.72 Å². The van der Waals surface area contributed by atoms with E-state index in [2.05, 4.69) is 10.8 Å². The molecule has 1 saturated carbocycles. The first-order chi connectivity index (χ1) is 13.0. The van der Waals surface area contributed by atoms with Gasteiger partial charge in [-0.05, 0) is 42.5 Å². The van der Waals surface area contributed by atoms with Crippen LogP contribution in [0.15, 0.2) is 54.6 Å². The zero-order chi connectivity index (χ0) is 18.9. The average Bonchev–Trinajstić information content (AvgIpc) is 3.46. The van der Waals surface area contributed by atoms with Gasteiger partial charge < -0.3 is 4.74 Å². The largest absolute Gasteiger partial charge is 0.381 e. The van der Waals surface area contributed by atoms with Gasteiger partial charge in [-0.25, -0.2) is 8.42 Å². The summed E-state index contributed by atoms with van der Waals surface area (Å²) in [4.78, 5) is 0. The zero-order valence-electron chi connectivity index (χ0n) is 15.0. The summed E-state index contributed by atoms with van der Waals surface area (Å²) in [5, 5.41) is 9.34. The molecule has 1 aliphatic heterocycles. The van der Waals surface area contributed by atoms with Crippen molar-refractivity contribution >= 4 is 15.7 Å². The Labute approximate surface area is 160 Å². The monoisotopic (exact) mass is 382 g/mol. The smallest absolute Gasteiger partial charge is 0.235 e. The summed E-state index contributed by atoms with van der Waals surface area (Å²) in [6.45, 7) is 0.976. The fourth-order valence-electron chi connectivity index (χ4n) is 3.93. The molecule has 5 nitrogen and oxygen atoms in total. The number of benzene rings is 2. The number of nitrogens with one attached hydrogen (secondary N) is 1. The van der Waals surface area contributed by atoms with Crippen LogP contribution in [0.2, 0.25) is 0 Å². The molecule has 2 unspecified atom stereocenters. The number of rotatable bonds is 5.